The third kappa shape index (κ3) is 5.15. The summed E-state index contributed by atoms with van der Waals surface area (Å²) in [5, 5.41) is 23.7. The van der Waals surface area contributed by atoms with Gasteiger partial charge in [-0.3, -0.25) is 14.9 Å². The molecule has 2 aromatic rings. The maximum absolute atomic E-state index is 12.8. The number of carbonyl (C=O) groups excluding carboxylic acids is 1. The molecule has 9 heteroatoms. The van der Waals surface area contributed by atoms with Gasteiger partial charge in [-0.15, -0.1) is 0 Å². The van der Waals surface area contributed by atoms with Gasteiger partial charge in [-0.25, -0.2) is 4.39 Å². The molecule has 4 N–H and O–H groups in total. The number of benzene rings is 2. The second kappa shape index (κ2) is 8.06. The van der Waals surface area contributed by atoms with E-state index in [2.05, 4.69) is 5.32 Å². The summed E-state index contributed by atoms with van der Waals surface area (Å²) >= 11 is 0. The van der Waals surface area contributed by atoms with Crippen LogP contribution in [-0.2, 0) is 0 Å². The first-order chi connectivity index (χ1) is 11.9. The Kier molecular flexibility index (Phi) is 5.85. The molecular weight excluding hydrogens is 333 g/mol. The largest absolute Gasteiger partial charge is 0.491 e. The number of nitrogens with zero attached hydrogens (tertiary/aromatic N) is 1. The molecule has 0 heterocycles. The number of amides is 1. The fraction of sp³-hybridized carbons (Fsp3) is 0.188. The SMILES string of the molecule is NC(=O)c1ccc(NCC(O)COc2ccc(F)cc2)c([N+](=O)[O-])c1. The van der Waals surface area contributed by atoms with Gasteiger partial charge in [0, 0.05) is 18.2 Å². The number of nitrogens with one attached hydrogen (secondary N) is 1. The minimum absolute atomic E-state index is 0.0115. The van der Waals surface area contributed by atoms with Gasteiger partial charge in [0.2, 0.25) is 5.91 Å². The molecule has 2 rings (SSSR count). The van der Waals surface area contributed by atoms with Gasteiger partial charge in [0.05, 0.1) is 4.92 Å². The Bertz CT molecular complexity index is 767. The van der Waals surface area contributed by atoms with Gasteiger partial charge >= 0.3 is 0 Å². The number of primary amides is 1. The van der Waals surface area contributed by atoms with Crippen molar-refractivity contribution in [3.63, 3.8) is 0 Å². The fourth-order valence-electron chi connectivity index (χ4n) is 2.00. The highest BCUT2D eigenvalue weighted by Crippen LogP contribution is 2.25. The van der Waals surface area contributed by atoms with Crippen molar-refractivity contribution in [3.05, 3.63) is 64.0 Å². The standard InChI is InChI=1S/C16H16FN3O5/c17-11-2-4-13(5-3-11)25-9-12(21)8-19-14-6-1-10(16(18)22)7-15(14)20(23)24/h1-7,12,19,21H,8-9H2,(H2,18,22). The number of nitrogens with two attached hydrogens (primary N) is 1. The first kappa shape index (κ1) is 18.1. The average molecular weight is 349 g/mol. The van der Waals surface area contributed by atoms with E-state index in [9.17, 15) is 24.4 Å². The van der Waals surface area contributed by atoms with E-state index in [0.717, 1.165) is 6.07 Å². The molecule has 2 aromatic carbocycles. The number of hydrogen-bond acceptors (Lipinski definition) is 6. The number of ether oxygens (including phenoxy) is 1. The molecular formula is C16H16FN3O5. The number of rotatable bonds is 8. The van der Waals surface area contributed by atoms with Crippen LogP contribution in [0.3, 0.4) is 0 Å². The Morgan fingerprint density at radius 3 is 2.60 bits per heavy atom. The molecule has 0 saturated heterocycles. The number of anilines is 1. The quantitative estimate of drug-likeness (QED) is 0.491. The molecule has 1 amide bonds. The summed E-state index contributed by atoms with van der Waals surface area (Å²) in [5.74, 6) is -0.791. The van der Waals surface area contributed by atoms with Crippen LogP contribution in [0, 0.1) is 15.9 Å². The van der Waals surface area contributed by atoms with Gasteiger partial charge in [-0.05, 0) is 36.4 Å². The van der Waals surface area contributed by atoms with E-state index in [1.54, 1.807) is 0 Å². The van der Waals surface area contributed by atoms with Gasteiger partial charge in [0.25, 0.3) is 5.69 Å². The van der Waals surface area contributed by atoms with Gasteiger partial charge in [0.15, 0.2) is 0 Å². The molecule has 0 saturated carbocycles. The summed E-state index contributed by atoms with van der Waals surface area (Å²) in [6.45, 7) is -0.121. The van der Waals surface area contributed by atoms with Crippen molar-refractivity contribution < 1.29 is 24.0 Å². The van der Waals surface area contributed by atoms with Crippen LogP contribution in [0.15, 0.2) is 42.5 Å². The molecule has 0 aliphatic rings. The second-order valence-corrected chi connectivity index (χ2v) is 5.15. The van der Waals surface area contributed by atoms with Crippen molar-refractivity contribution in [1.29, 1.82) is 0 Å². The summed E-state index contributed by atoms with van der Waals surface area (Å²) in [6.07, 6.45) is -0.972. The number of nitro groups is 1. The van der Waals surface area contributed by atoms with Crippen molar-refractivity contribution >= 4 is 17.3 Å². The first-order valence-corrected chi connectivity index (χ1v) is 7.25. The Morgan fingerprint density at radius 2 is 2.00 bits per heavy atom. The van der Waals surface area contributed by atoms with Crippen LogP contribution in [-0.4, -0.2) is 35.2 Å². The van der Waals surface area contributed by atoms with Crippen molar-refractivity contribution in [2.75, 3.05) is 18.5 Å². The lowest BCUT2D eigenvalue weighted by molar-refractivity contribution is -0.384. The highest BCUT2D eigenvalue weighted by atomic mass is 19.1. The molecule has 25 heavy (non-hydrogen) atoms. The lowest BCUT2D eigenvalue weighted by Crippen LogP contribution is -2.26. The second-order valence-electron chi connectivity index (χ2n) is 5.15. The number of hydrogen-bond donors (Lipinski definition) is 3. The Labute approximate surface area is 142 Å². The number of halogens is 1. The molecule has 0 radical (unpaired) electrons. The molecule has 0 aliphatic carbocycles. The summed E-state index contributed by atoms with van der Waals surface area (Å²) < 4.78 is 18.1. The molecule has 0 aliphatic heterocycles. The van der Waals surface area contributed by atoms with E-state index in [0.29, 0.717) is 5.75 Å². The predicted molar refractivity (Wildman–Crippen MR) is 88.0 cm³/mol. The summed E-state index contributed by atoms with van der Waals surface area (Å²) in [5.41, 5.74) is 4.91. The van der Waals surface area contributed by atoms with Crippen molar-refractivity contribution in [3.8, 4) is 5.75 Å². The lowest BCUT2D eigenvalue weighted by atomic mass is 10.1. The van der Waals surface area contributed by atoms with Gasteiger partial charge in [0.1, 0.15) is 30.0 Å². The molecule has 8 nitrogen and oxygen atoms in total. The number of carbonyl (C=O) groups is 1. The van der Waals surface area contributed by atoms with E-state index in [1.165, 1.54) is 36.4 Å². The minimum atomic E-state index is -0.972. The Morgan fingerprint density at radius 1 is 1.32 bits per heavy atom. The lowest BCUT2D eigenvalue weighted by Gasteiger charge is -2.14. The van der Waals surface area contributed by atoms with Gasteiger partial charge < -0.3 is 20.9 Å². The zero-order valence-corrected chi connectivity index (χ0v) is 13.0. The van der Waals surface area contributed by atoms with Crippen LogP contribution >= 0.6 is 0 Å². The molecule has 0 bridgehead atoms. The monoisotopic (exact) mass is 349 g/mol. The van der Waals surface area contributed by atoms with Crippen LogP contribution in [0.5, 0.6) is 5.75 Å². The highest BCUT2D eigenvalue weighted by Gasteiger charge is 2.17. The summed E-state index contributed by atoms with van der Waals surface area (Å²) in [7, 11) is 0. The molecule has 1 atom stereocenters. The van der Waals surface area contributed by atoms with Crippen LogP contribution < -0.4 is 15.8 Å². The average Bonchev–Trinajstić information content (AvgIpc) is 2.59. The van der Waals surface area contributed by atoms with E-state index in [-0.39, 0.29) is 30.1 Å². The number of nitro benzene ring substituents is 1. The first-order valence-electron chi connectivity index (χ1n) is 7.25. The third-order valence-corrected chi connectivity index (χ3v) is 3.26. The van der Waals surface area contributed by atoms with Gasteiger partial charge in [-0.1, -0.05) is 0 Å². The predicted octanol–water partition coefficient (Wildman–Crippen LogP) is 1.68. The number of aliphatic hydroxyl groups is 1. The molecule has 132 valence electrons. The van der Waals surface area contributed by atoms with E-state index in [1.807, 2.05) is 0 Å². The van der Waals surface area contributed by atoms with Crippen LogP contribution in [0.4, 0.5) is 15.8 Å². The number of aliphatic hydroxyl groups excluding tert-OH is 1. The zero-order chi connectivity index (χ0) is 18.4. The van der Waals surface area contributed by atoms with Crippen molar-refractivity contribution in [1.82, 2.24) is 0 Å². The molecule has 0 aromatic heterocycles. The van der Waals surface area contributed by atoms with Crippen LogP contribution in [0.1, 0.15) is 10.4 Å². The Hall–Kier alpha value is -3.20. The third-order valence-electron chi connectivity index (χ3n) is 3.26. The zero-order valence-electron chi connectivity index (χ0n) is 13.0. The highest BCUT2D eigenvalue weighted by molar-refractivity contribution is 5.94. The smallest absolute Gasteiger partial charge is 0.293 e. The maximum atomic E-state index is 12.8. The van der Waals surface area contributed by atoms with Crippen LogP contribution in [0.2, 0.25) is 0 Å². The normalized spacial score (nSPS) is 11.6. The van der Waals surface area contributed by atoms with Crippen molar-refractivity contribution in [2.24, 2.45) is 5.73 Å². The summed E-state index contributed by atoms with van der Waals surface area (Å²) in [6, 6.07) is 9.04. The summed E-state index contributed by atoms with van der Waals surface area (Å²) in [4.78, 5) is 21.5. The molecule has 1 unspecified atom stereocenters. The van der Waals surface area contributed by atoms with E-state index >= 15 is 0 Å². The van der Waals surface area contributed by atoms with Crippen molar-refractivity contribution in [2.45, 2.75) is 6.10 Å². The van der Waals surface area contributed by atoms with E-state index in [4.69, 9.17) is 10.5 Å². The van der Waals surface area contributed by atoms with Gasteiger partial charge in [-0.2, -0.15) is 0 Å². The minimum Gasteiger partial charge on any atom is -0.491 e. The van der Waals surface area contributed by atoms with Crippen LogP contribution in [0.25, 0.3) is 0 Å². The Balaban J connectivity index is 1.94. The van der Waals surface area contributed by atoms with E-state index < -0.39 is 22.8 Å². The molecule has 0 spiro atoms. The fourth-order valence-corrected chi connectivity index (χ4v) is 2.00. The maximum Gasteiger partial charge on any atom is 0.293 e. The molecule has 0 fully saturated rings. The topological polar surface area (TPSA) is 128 Å².